The number of pyridine rings is 2. The first-order valence-electron chi connectivity index (χ1n) is 16.5. The minimum atomic E-state index is 0.0732. The standard InChI is InChI=1S/C43H33BN4/c1-28-20-22-45-35(24-28)31-12-4-8-16-37(31)47-39-18-10-6-14-33(39)44-34-15-7-11-19-40(34)48(42-27-30(3)26-41(47)43(42)44)38-17-9-5-13-32(38)36-25-29(2)21-23-46-36/h4-27H,1-3H3. The minimum Gasteiger partial charge on any atom is -0.311 e. The number of aryl methyl sites for hydroxylation is 3. The van der Waals surface area contributed by atoms with Crippen molar-refractivity contribution in [3.05, 3.63) is 163 Å². The quantitative estimate of drug-likeness (QED) is 0.185. The van der Waals surface area contributed by atoms with E-state index in [1.54, 1.807) is 0 Å². The summed E-state index contributed by atoms with van der Waals surface area (Å²) < 4.78 is 0. The van der Waals surface area contributed by atoms with Crippen LogP contribution in [0.3, 0.4) is 0 Å². The third-order valence-electron chi connectivity index (χ3n) is 9.70. The highest BCUT2D eigenvalue weighted by molar-refractivity contribution is 7.00. The molecule has 2 aliphatic rings. The zero-order chi connectivity index (χ0) is 32.4. The first-order chi connectivity index (χ1) is 23.6. The summed E-state index contributed by atoms with van der Waals surface area (Å²) in [4.78, 5) is 14.6. The fourth-order valence-corrected chi connectivity index (χ4v) is 7.69. The second-order valence-corrected chi connectivity index (χ2v) is 12.9. The molecule has 228 valence electrons. The summed E-state index contributed by atoms with van der Waals surface area (Å²) >= 11 is 0. The molecule has 2 aromatic heterocycles. The Labute approximate surface area is 282 Å². The normalized spacial score (nSPS) is 12.8. The predicted molar refractivity (Wildman–Crippen MR) is 201 cm³/mol. The highest BCUT2D eigenvalue weighted by atomic mass is 15.2. The summed E-state index contributed by atoms with van der Waals surface area (Å²) in [6.07, 6.45) is 3.82. The lowest BCUT2D eigenvalue weighted by Crippen LogP contribution is -2.61. The molecule has 0 aliphatic carbocycles. The Morgan fingerprint density at radius 3 is 1.29 bits per heavy atom. The zero-order valence-corrected chi connectivity index (χ0v) is 27.2. The second kappa shape index (κ2) is 11.1. The highest BCUT2D eigenvalue weighted by Gasteiger charge is 2.43. The van der Waals surface area contributed by atoms with Gasteiger partial charge in [-0.05, 0) is 115 Å². The number of hydrogen-bond donors (Lipinski definition) is 0. The summed E-state index contributed by atoms with van der Waals surface area (Å²) in [5.41, 5.74) is 18.6. The fourth-order valence-electron chi connectivity index (χ4n) is 7.69. The van der Waals surface area contributed by atoms with E-state index in [1.165, 1.54) is 55.8 Å². The Balaban J connectivity index is 1.35. The van der Waals surface area contributed by atoms with E-state index in [0.29, 0.717) is 0 Å². The number of hydrogen-bond acceptors (Lipinski definition) is 4. The van der Waals surface area contributed by atoms with E-state index in [-0.39, 0.29) is 6.71 Å². The number of rotatable bonds is 4. The maximum Gasteiger partial charge on any atom is 0.252 e. The number of fused-ring (bicyclic) bond motifs is 4. The van der Waals surface area contributed by atoms with Gasteiger partial charge in [0.1, 0.15) is 0 Å². The van der Waals surface area contributed by atoms with Crippen molar-refractivity contribution in [2.45, 2.75) is 20.8 Å². The lowest BCUT2D eigenvalue weighted by atomic mass is 9.33. The fraction of sp³-hybridized carbons (Fsp3) is 0.0698. The van der Waals surface area contributed by atoms with E-state index in [9.17, 15) is 0 Å². The SMILES string of the molecule is Cc1ccnc(-c2ccccc2N2c3ccccc3B3c4ccccc4N(c4ccccc4-c4cc(C)ccn4)c4cc(C)cc2c43)c1. The van der Waals surface area contributed by atoms with Crippen molar-refractivity contribution >= 4 is 57.2 Å². The highest BCUT2D eigenvalue weighted by Crippen LogP contribution is 2.47. The first kappa shape index (κ1) is 28.3. The minimum absolute atomic E-state index is 0.0732. The van der Waals surface area contributed by atoms with Gasteiger partial charge in [0, 0.05) is 46.3 Å². The summed E-state index contributed by atoms with van der Waals surface area (Å²) in [7, 11) is 0. The molecule has 4 nitrogen and oxygen atoms in total. The van der Waals surface area contributed by atoms with Gasteiger partial charge >= 0.3 is 0 Å². The summed E-state index contributed by atoms with van der Waals surface area (Å²) in [5.74, 6) is 0. The molecule has 4 heterocycles. The molecule has 5 aromatic carbocycles. The molecule has 0 amide bonds. The van der Waals surface area contributed by atoms with Gasteiger partial charge < -0.3 is 9.80 Å². The Hall–Kier alpha value is -5.94. The van der Waals surface area contributed by atoms with Gasteiger partial charge in [-0.15, -0.1) is 0 Å². The molecule has 0 saturated carbocycles. The van der Waals surface area contributed by atoms with Gasteiger partial charge in [0.15, 0.2) is 0 Å². The number of para-hydroxylation sites is 4. The van der Waals surface area contributed by atoms with Crippen LogP contribution >= 0.6 is 0 Å². The molecule has 0 saturated heterocycles. The molecule has 9 rings (SSSR count). The first-order valence-corrected chi connectivity index (χ1v) is 16.5. The smallest absolute Gasteiger partial charge is 0.252 e. The second-order valence-electron chi connectivity index (χ2n) is 12.9. The van der Waals surface area contributed by atoms with Crippen LogP contribution in [0.4, 0.5) is 34.1 Å². The molecule has 0 N–H and O–H groups in total. The van der Waals surface area contributed by atoms with Crippen LogP contribution in [-0.4, -0.2) is 16.7 Å². The molecule has 0 unspecified atom stereocenters. The van der Waals surface area contributed by atoms with Crippen molar-refractivity contribution < 1.29 is 0 Å². The zero-order valence-electron chi connectivity index (χ0n) is 27.2. The predicted octanol–water partition coefficient (Wildman–Crippen LogP) is 8.82. The van der Waals surface area contributed by atoms with Gasteiger partial charge in [-0.2, -0.15) is 0 Å². The van der Waals surface area contributed by atoms with Crippen molar-refractivity contribution in [2.75, 3.05) is 9.80 Å². The van der Waals surface area contributed by atoms with Crippen LogP contribution in [0.1, 0.15) is 16.7 Å². The van der Waals surface area contributed by atoms with Crippen molar-refractivity contribution in [1.29, 1.82) is 0 Å². The number of nitrogens with zero attached hydrogens (tertiary/aromatic N) is 4. The lowest BCUT2D eigenvalue weighted by Gasteiger charge is -2.45. The number of benzene rings is 5. The molecular weight excluding hydrogens is 583 g/mol. The summed E-state index contributed by atoms with van der Waals surface area (Å²) in [6, 6.07) is 48.4. The lowest BCUT2D eigenvalue weighted by molar-refractivity contribution is 1.22. The maximum absolute atomic E-state index is 4.84. The largest absolute Gasteiger partial charge is 0.311 e. The molecule has 0 radical (unpaired) electrons. The van der Waals surface area contributed by atoms with Crippen LogP contribution in [0.25, 0.3) is 22.5 Å². The monoisotopic (exact) mass is 616 g/mol. The van der Waals surface area contributed by atoms with Gasteiger partial charge in [-0.3, -0.25) is 9.97 Å². The van der Waals surface area contributed by atoms with Gasteiger partial charge in [0.05, 0.1) is 22.8 Å². The van der Waals surface area contributed by atoms with E-state index in [4.69, 9.17) is 9.97 Å². The topological polar surface area (TPSA) is 32.3 Å². The molecule has 48 heavy (non-hydrogen) atoms. The van der Waals surface area contributed by atoms with Crippen LogP contribution in [0.5, 0.6) is 0 Å². The van der Waals surface area contributed by atoms with Crippen LogP contribution in [0.2, 0.25) is 0 Å². The van der Waals surface area contributed by atoms with Crippen LogP contribution in [0.15, 0.2) is 146 Å². The van der Waals surface area contributed by atoms with Crippen molar-refractivity contribution in [1.82, 2.24) is 9.97 Å². The van der Waals surface area contributed by atoms with Crippen LogP contribution in [0, 0.1) is 20.8 Å². The van der Waals surface area contributed by atoms with E-state index < -0.39 is 0 Å². The van der Waals surface area contributed by atoms with Crippen molar-refractivity contribution in [3.63, 3.8) is 0 Å². The van der Waals surface area contributed by atoms with E-state index in [2.05, 4.69) is 164 Å². The number of anilines is 6. The van der Waals surface area contributed by atoms with Gasteiger partial charge in [-0.1, -0.05) is 72.8 Å². The molecule has 7 aromatic rings. The van der Waals surface area contributed by atoms with Crippen molar-refractivity contribution in [3.8, 4) is 22.5 Å². The molecule has 5 heteroatoms. The van der Waals surface area contributed by atoms with E-state index in [0.717, 1.165) is 33.9 Å². The molecule has 0 atom stereocenters. The van der Waals surface area contributed by atoms with E-state index >= 15 is 0 Å². The maximum atomic E-state index is 4.84. The third kappa shape index (κ3) is 4.39. The van der Waals surface area contributed by atoms with Gasteiger partial charge in [-0.25, -0.2) is 0 Å². The molecule has 0 fully saturated rings. The average Bonchev–Trinajstić information content (AvgIpc) is 3.11. The Morgan fingerprint density at radius 2 is 0.833 bits per heavy atom. The Kier molecular flexibility index (Phi) is 6.54. The van der Waals surface area contributed by atoms with Crippen molar-refractivity contribution in [2.24, 2.45) is 0 Å². The Morgan fingerprint density at radius 1 is 0.417 bits per heavy atom. The van der Waals surface area contributed by atoms with E-state index in [1.807, 2.05) is 12.4 Å². The molecule has 2 aliphatic heterocycles. The molecule has 0 spiro atoms. The van der Waals surface area contributed by atoms with Crippen LogP contribution < -0.4 is 26.2 Å². The third-order valence-corrected chi connectivity index (χ3v) is 9.70. The van der Waals surface area contributed by atoms with Gasteiger partial charge in [0.25, 0.3) is 6.71 Å². The average molecular weight is 617 g/mol. The summed E-state index contributed by atoms with van der Waals surface area (Å²) in [6.45, 7) is 6.54. The Bertz CT molecular complexity index is 2220. The molecular formula is C43H33BN4. The van der Waals surface area contributed by atoms with Gasteiger partial charge in [0.2, 0.25) is 0 Å². The molecule has 0 bridgehead atoms. The van der Waals surface area contributed by atoms with Crippen LogP contribution in [-0.2, 0) is 0 Å². The summed E-state index contributed by atoms with van der Waals surface area (Å²) in [5, 5.41) is 0. The number of aromatic nitrogens is 2.